The van der Waals surface area contributed by atoms with Crippen LogP contribution in [0.1, 0.15) is 63.6 Å². The molecular formula is C42H49ClN12O5. The number of hydrogen-bond donors (Lipinski definition) is 3. The first-order valence-electron chi connectivity index (χ1n) is 20.7. The topological polar surface area (TPSA) is 185 Å². The van der Waals surface area contributed by atoms with Gasteiger partial charge in [0.15, 0.2) is 18.2 Å². The summed E-state index contributed by atoms with van der Waals surface area (Å²) in [6.07, 6.45) is 7.23. The Morgan fingerprint density at radius 2 is 1.87 bits per heavy atom. The van der Waals surface area contributed by atoms with Gasteiger partial charge in [0.05, 0.1) is 40.9 Å². The van der Waals surface area contributed by atoms with Gasteiger partial charge in [-0.05, 0) is 63.6 Å². The first-order valence-corrected chi connectivity index (χ1v) is 21.1. The van der Waals surface area contributed by atoms with Gasteiger partial charge in [0.2, 0.25) is 17.8 Å². The van der Waals surface area contributed by atoms with Crippen LogP contribution in [0.4, 0.5) is 23.1 Å². The molecule has 3 N–H and O–H groups in total. The molecule has 9 rings (SSSR count). The number of hydrogen-bond acceptors (Lipinski definition) is 13. The number of carbonyl (C=O) groups excluding carboxylic acids is 3. The molecule has 4 aliphatic rings. The number of likely N-dealkylation sites (N-methyl/N-ethyl adjacent to an activating group) is 1. The number of likely N-dealkylation sites (tertiary alicyclic amines) is 1. The second kappa shape index (κ2) is 16.0. The molecular weight excluding hydrogens is 788 g/mol. The zero-order valence-electron chi connectivity index (χ0n) is 34.2. The Labute approximate surface area is 351 Å². The van der Waals surface area contributed by atoms with E-state index in [9.17, 15) is 19.2 Å². The third-order valence-electron chi connectivity index (χ3n) is 12.5. The molecule has 0 saturated carbocycles. The number of nitrogens with zero attached hydrogens (tertiary/aromatic N) is 9. The van der Waals surface area contributed by atoms with Crippen molar-refractivity contribution in [3.05, 3.63) is 63.8 Å². The summed E-state index contributed by atoms with van der Waals surface area (Å²) in [6, 6.07) is 10.4. The van der Waals surface area contributed by atoms with Crippen LogP contribution in [0.15, 0.2) is 47.5 Å². The number of nitrogens with one attached hydrogen (secondary N) is 3. The van der Waals surface area contributed by atoms with E-state index in [1.54, 1.807) is 23.0 Å². The molecule has 1 aromatic carbocycles. The maximum absolute atomic E-state index is 13.2. The molecule has 4 saturated heterocycles. The molecule has 18 heteroatoms. The van der Waals surface area contributed by atoms with Gasteiger partial charge in [-0.15, -0.1) is 0 Å². The SMILES string of the molecule is CNC(=O)COc1cc2cc(Nc3nc(N4CCC(CN5C[C@H]6C[C@@H]5CN6c5cccc6c(C7CCC(=O)NC7=O)nn(C)c56)CC4)ncc3Cl)cnc2n(C(C)C)c1=O. The molecule has 4 aromatic heterocycles. The van der Waals surface area contributed by atoms with Crippen molar-refractivity contribution < 1.29 is 19.1 Å². The fourth-order valence-corrected chi connectivity index (χ4v) is 9.64. The van der Waals surface area contributed by atoms with Crippen LogP contribution in [0.25, 0.3) is 21.9 Å². The lowest BCUT2D eigenvalue weighted by Crippen LogP contribution is -2.49. The number of amides is 3. The molecule has 4 fully saturated rings. The van der Waals surface area contributed by atoms with E-state index in [1.165, 1.54) is 7.05 Å². The summed E-state index contributed by atoms with van der Waals surface area (Å²) in [5.74, 6) is 0.426. The molecule has 0 aliphatic carbocycles. The average molecular weight is 837 g/mol. The summed E-state index contributed by atoms with van der Waals surface area (Å²) < 4.78 is 9.05. The van der Waals surface area contributed by atoms with Gasteiger partial charge in [0.25, 0.3) is 11.5 Å². The van der Waals surface area contributed by atoms with E-state index in [0.717, 1.165) is 74.3 Å². The number of piperidine rings is 2. The third kappa shape index (κ3) is 7.37. The predicted octanol–water partition coefficient (Wildman–Crippen LogP) is 3.88. The minimum atomic E-state index is -0.426. The number of piperazine rings is 1. The Bertz CT molecular complexity index is 2570. The lowest BCUT2D eigenvalue weighted by molar-refractivity contribution is -0.134. The van der Waals surface area contributed by atoms with Crippen molar-refractivity contribution >= 4 is 74.4 Å². The molecule has 314 valence electrons. The number of carbonyl (C=O) groups is 3. The van der Waals surface area contributed by atoms with E-state index < -0.39 is 5.92 Å². The predicted molar refractivity (Wildman–Crippen MR) is 228 cm³/mol. The van der Waals surface area contributed by atoms with Crippen molar-refractivity contribution in [1.29, 1.82) is 0 Å². The highest BCUT2D eigenvalue weighted by Gasteiger charge is 2.45. The monoisotopic (exact) mass is 836 g/mol. The van der Waals surface area contributed by atoms with Crippen LogP contribution in [-0.4, -0.2) is 110 Å². The Kier molecular flexibility index (Phi) is 10.6. The van der Waals surface area contributed by atoms with Crippen LogP contribution in [0.2, 0.25) is 5.02 Å². The fourth-order valence-electron chi connectivity index (χ4n) is 9.50. The fraction of sp³-hybridized carbons (Fsp3) is 0.476. The lowest BCUT2D eigenvalue weighted by atomic mass is 9.92. The quantitative estimate of drug-likeness (QED) is 0.163. The standard InChI is InChI=1S/C42H49ClN12O5/c1-23(2)55-39-25(15-33(41(55)59)60-22-35(57)44-3)14-26(17-45-39)47-38-31(43)18-46-42(49-38)52-12-10-24(11-13-52)19-53-20-28-16-27(53)21-54(28)32-7-5-6-29-36(50-51(4)37(29)32)30-8-9-34(56)48-40(30)58/h5-7,14-15,17-18,23-24,27-28,30H,8-13,16,19-22H2,1-4H3,(H,44,57)(H,46,47,49)(H,48,56,58)/t27-,28-,30?/m1/s1. The highest BCUT2D eigenvalue weighted by molar-refractivity contribution is 6.33. The number of fused-ring (bicyclic) bond motifs is 4. The number of aryl methyl sites for hydroxylation is 1. The van der Waals surface area contributed by atoms with Gasteiger partial charge < -0.3 is 25.2 Å². The van der Waals surface area contributed by atoms with Gasteiger partial charge >= 0.3 is 0 Å². The van der Waals surface area contributed by atoms with Crippen LogP contribution in [0.3, 0.4) is 0 Å². The maximum Gasteiger partial charge on any atom is 0.294 e. The van der Waals surface area contributed by atoms with Crippen molar-refractivity contribution in [3.8, 4) is 5.75 Å². The Morgan fingerprint density at radius 3 is 2.60 bits per heavy atom. The van der Waals surface area contributed by atoms with Crippen LogP contribution >= 0.6 is 11.6 Å². The average Bonchev–Trinajstić information content (AvgIpc) is 3.94. The van der Waals surface area contributed by atoms with Crippen molar-refractivity contribution in [1.82, 2.24) is 44.8 Å². The minimum absolute atomic E-state index is 0.0609. The number of halogens is 1. The highest BCUT2D eigenvalue weighted by Crippen LogP contribution is 2.41. The van der Waals surface area contributed by atoms with Crippen molar-refractivity contribution in [2.75, 3.05) is 61.5 Å². The summed E-state index contributed by atoms with van der Waals surface area (Å²) in [5, 5.41) is 15.1. The van der Waals surface area contributed by atoms with Gasteiger partial charge in [0, 0.05) is 82.1 Å². The van der Waals surface area contributed by atoms with Crippen molar-refractivity contribution in [3.63, 3.8) is 0 Å². The normalized spacial score (nSPS) is 21.1. The Hall–Kier alpha value is -5.81. The van der Waals surface area contributed by atoms with E-state index in [1.807, 2.05) is 37.7 Å². The number of benzene rings is 1. The Balaban J connectivity index is 0.829. The lowest BCUT2D eigenvalue weighted by Gasteiger charge is -2.39. The zero-order valence-corrected chi connectivity index (χ0v) is 34.9. The van der Waals surface area contributed by atoms with Gasteiger partial charge in [-0.3, -0.25) is 38.6 Å². The summed E-state index contributed by atoms with van der Waals surface area (Å²) in [7, 11) is 3.46. The van der Waals surface area contributed by atoms with Gasteiger partial charge in [-0.25, -0.2) is 9.97 Å². The van der Waals surface area contributed by atoms with Gasteiger partial charge in [-0.2, -0.15) is 10.1 Å². The molecule has 4 aliphatic heterocycles. The third-order valence-corrected chi connectivity index (χ3v) is 12.8. The first-order chi connectivity index (χ1) is 28.9. The molecule has 3 amide bonds. The zero-order chi connectivity index (χ0) is 41.8. The Morgan fingerprint density at radius 1 is 1.05 bits per heavy atom. The van der Waals surface area contributed by atoms with E-state index in [2.05, 4.69) is 52.8 Å². The number of pyridine rings is 2. The van der Waals surface area contributed by atoms with E-state index in [4.69, 9.17) is 26.4 Å². The van der Waals surface area contributed by atoms with E-state index in [-0.39, 0.29) is 41.7 Å². The van der Waals surface area contributed by atoms with Gasteiger partial charge in [0.1, 0.15) is 10.7 Å². The number of aromatic nitrogens is 6. The second-order valence-corrected chi connectivity index (χ2v) is 17.0. The summed E-state index contributed by atoms with van der Waals surface area (Å²) >= 11 is 6.61. The largest absolute Gasteiger partial charge is 0.478 e. The summed E-state index contributed by atoms with van der Waals surface area (Å²) in [4.78, 5) is 71.1. The number of rotatable bonds is 11. The minimum Gasteiger partial charge on any atom is -0.478 e. The molecule has 8 heterocycles. The first kappa shape index (κ1) is 39.6. The molecule has 0 spiro atoms. The molecule has 0 radical (unpaired) electrons. The van der Waals surface area contributed by atoms with Crippen LogP contribution in [-0.2, 0) is 21.4 Å². The summed E-state index contributed by atoms with van der Waals surface area (Å²) in [5.41, 5.74) is 3.70. The molecule has 1 unspecified atom stereocenters. The maximum atomic E-state index is 13.2. The van der Waals surface area contributed by atoms with E-state index >= 15 is 0 Å². The molecule has 3 atom stereocenters. The van der Waals surface area contributed by atoms with Crippen LogP contribution in [0, 0.1) is 5.92 Å². The molecule has 60 heavy (non-hydrogen) atoms. The number of imide groups is 1. The second-order valence-electron chi connectivity index (χ2n) is 16.6. The van der Waals surface area contributed by atoms with Gasteiger partial charge in [-0.1, -0.05) is 23.7 Å². The highest BCUT2D eigenvalue weighted by atomic mass is 35.5. The molecule has 5 aromatic rings. The molecule has 17 nitrogen and oxygen atoms in total. The smallest absolute Gasteiger partial charge is 0.294 e. The van der Waals surface area contributed by atoms with Crippen LogP contribution in [0.5, 0.6) is 5.75 Å². The number of ether oxygens (including phenoxy) is 1. The summed E-state index contributed by atoms with van der Waals surface area (Å²) in [6.45, 7) is 8.19. The van der Waals surface area contributed by atoms with Crippen molar-refractivity contribution in [2.24, 2.45) is 13.0 Å². The molecule has 2 bridgehead atoms. The number of para-hydroxylation sites is 1. The number of anilines is 4. The van der Waals surface area contributed by atoms with E-state index in [0.29, 0.717) is 64.4 Å². The van der Waals surface area contributed by atoms with Crippen LogP contribution < -0.4 is 36.0 Å². The van der Waals surface area contributed by atoms with Crippen molar-refractivity contribution in [2.45, 2.75) is 70.0 Å².